The van der Waals surface area contributed by atoms with Gasteiger partial charge in [0, 0.05) is 25.7 Å². The van der Waals surface area contributed by atoms with Crippen LogP contribution in [0.1, 0.15) is 52.0 Å². The molecule has 6 nitrogen and oxygen atoms in total. The lowest BCUT2D eigenvalue weighted by molar-refractivity contribution is 0.410. The van der Waals surface area contributed by atoms with Gasteiger partial charge < -0.3 is 10.6 Å². The topological polar surface area (TPSA) is 73.8 Å². The van der Waals surface area contributed by atoms with E-state index in [1.54, 1.807) is 19.2 Å². The highest BCUT2D eigenvalue weighted by molar-refractivity contribution is 14.0. The van der Waals surface area contributed by atoms with Crippen LogP contribution in [-0.4, -0.2) is 44.4 Å². The monoisotopic (exact) mass is 508 g/mol. The van der Waals surface area contributed by atoms with Gasteiger partial charge in [-0.05, 0) is 51.3 Å². The molecule has 0 spiro atoms. The largest absolute Gasteiger partial charge is 0.357 e. The Hall–Kier alpha value is -0.870. The molecule has 1 aromatic rings. The smallest absolute Gasteiger partial charge is 0.243 e. The number of guanidine groups is 1. The fraction of sp³-hybridized carbons (Fsp3) is 0.632. The predicted octanol–water partition coefficient (Wildman–Crippen LogP) is 3.33. The molecule has 0 radical (unpaired) electrons. The molecule has 0 aliphatic heterocycles. The fourth-order valence-corrected chi connectivity index (χ4v) is 4.33. The Labute approximate surface area is 181 Å². The van der Waals surface area contributed by atoms with Gasteiger partial charge in [-0.3, -0.25) is 0 Å². The quantitative estimate of drug-likeness (QED) is 0.337. The van der Waals surface area contributed by atoms with E-state index in [0.717, 1.165) is 18.1 Å². The minimum absolute atomic E-state index is 0. The summed E-state index contributed by atoms with van der Waals surface area (Å²) in [4.78, 5) is 4.95. The lowest BCUT2D eigenvalue weighted by atomic mass is 10.2. The van der Waals surface area contributed by atoms with Crippen LogP contribution in [0.4, 0.5) is 0 Å². The van der Waals surface area contributed by atoms with Crippen molar-refractivity contribution >= 4 is 40.0 Å². The Morgan fingerprint density at radius 2 is 1.81 bits per heavy atom. The van der Waals surface area contributed by atoms with E-state index in [4.69, 9.17) is 0 Å². The van der Waals surface area contributed by atoms with Gasteiger partial charge in [0.2, 0.25) is 10.0 Å². The molecule has 0 atom stereocenters. The molecule has 1 aromatic carbocycles. The van der Waals surface area contributed by atoms with E-state index in [0.29, 0.717) is 17.5 Å². The maximum Gasteiger partial charge on any atom is 0.243 e. The van der Waals surface area contributed by atoms with E-state index >= 15 is 0 Å². The zero-order valence-electron chi connectivity index (χ0n) is 16.7. The van der Waals surface area contributed by atoms with E-state index in [2.05, 4.69) is 22.5 Å². The van der Waals surface area contributed by atoms with Crippen LogP contribution in [-0.2, 0) is 16.6 Å². The molecule has 2 N–H and O–H groups in total. The molecule has 0 amide bonds. The van der Waals surface area contributed by atoms with E-state index in [1.807, 2.05) is 26.0 Å². The first-order valence-corrected chi connectivity index (χ1v) is 10.9. The molecule has 27 heavy (non-hydrogen) atoms. The number of nitrogens with one attached hydrogen (secondary N) is 2. The summed E-state index contributed by atoms with van der Waals surface area (Å²) in [6, 6.07) is 7.43. The number of nitrogens with zero attached hydrogens (tertiary/aromatic N) is 2. The van der Waals surface area contributed by atoms with Crippen LogP contribution >= 0.6 is 24.0 Å². The summed E-state index contributed by atoms with van der Waals surface area (Å²) in [5.74, 6) is 0.829. The van der Waals surface area contributed by atoms with Crippen molar-refractivity contribution in [2.75, 3.05) is 13.6 Å². The Morgan fingerprint density at radius 1 is 1.22 bits per heavy atom. The standard InChI is InChI=1S/C19H32N4O2S.HI/c1-5-20-19(22-17-8-6-7-9-17)21-14-16-10-12-18(13-11-16)26(24,25)23(4)15(2)3;/h10-13,15,17H,5-9,14H2,1-4H3,(H2,20,21,22);1H. The molecule has 1 aliphatic carbocycles. The molecule has 0 saturated heterocycles. The highest BCUT2D eigenvalue weighted by atomic mass is 127. The number of hydrogen-bond donors (Lipinski definition) is 2. The number of sulfonamides is 1. The number of benzene rings is 1. The number of rotatable bonds is 7. The van der Waals surface area contributed by atoms with Gasteiger partial charge in [0.15, 0.2) is 5.96 Å². The van der Waals surface area contributed by atoms with Gasteiger partial charge in [0.05, 0.1) is 11.4 Å². The summed E-state index contributed by atoms with van der Waals surface area (Å²) in [6.45, 7) is 7.11. The van der Waals surface area contributed by atoms with Gasteiger partial charge >= 0.3 is 0 Å². The molecular weight excluding hydrogens is 475 g/mol. The third-order valence-electron chi connectivity index (χ3n) is 4.79. The first-order chi connectivity index (χ1) is 12.3. The molecule has 2 rings (SSSR count). The average Bonchev–Trinajstić information content (AvgIpc) is 3.12. The number of halogens is 1. The minimum Gasteiger partial charge on any atom is -0.357 e. The molecule has 0 aromatic heterocycles. The zero-order valence-corrected chi connectivity index (χ0v) is 19.9. The molecule has 8 heteroatoms. The maximum atomic E-state index is 12.5. The van der Waals surface area contributed by atoms with Crippen LogP contribution in [0.5, 0.6) is 0 Å². The molecule has 0 bridgehead atoms. The van der Waals surface area contributed by atoms with E-state index < -0.39 is 10.0 Å². The Balaban J connectivity index is 0.00000364. The maximum absolute atomic E-state index is 12.5. The lowest BCUT2D eigenvalue weighted by Gasteiger charge is -2.21. The van der Waals surface area contributed by atoms with Crippen molar-refractivity contribution in [1.29, 1.82) is 0 Å². The van der Waals surface area contributed by atoms with Gasteiger partial charge in [0.25, 0.3) is 0 Å². The Morgan fingerprint density at radius 3 is 2.33 bits per heavy atom. The molecular formula is C19H33IN4O2S. The Bertz CT molecular complexity index is 699. The highest BCUT2D eigenvalue weighted by Crippen LogP contribution is 2.18. The molecule has 1 fully saturated rings. The van der Waals surface area contributed by atoms with Crippen molar-refractivity contribution in [2.45, 2.75) is 70.0 Å². The second-order valence-electron chi connectivity index (χ2n) is 7.08. The van der Waals surface area contributed by atoms with Gasteiger partial charge in [-0.1, -0.05) is 25.0 Å². The third kappa shape index (κ3) is 6.90. The predicted molar refractivity (Wildman–Crippen MR) is 122 cm³/mol. The van der Waals surface area contributed by atoms with Crippen LogP contribution in [0.3, 0.4) is 0 Å². The van der Waals surface area contributed by atoms with Crippen molar-refractivity contribution in [3.8, 4) is 0 Å². The summed E-state index contributed by atoms with van der Waals surface area (Å²) in [5, 5.41) is 6.77. The molecule has 0 unspecified atom stereocenters. The van der Waals surface area contributed by atoms with Crippen molar-refractivity contribution in [2.24, 2.45) is 4.99 Å². The van der Waals surface area contributed by atoms with Crippen LogP contribution in [0.25, 0.3) is 0 Å². The van der Waals surface area contributed by atoms with Gasteiger partial charge in [0.1, 0.15) is 0 Å². The summed E-state index contributed by atoms with van der Waals surface area (Å²) < 4.78 is 26.4. The first-order valence-electron chi connectivity index (χ1n) is 9.46. The van der Waals surface area contributed by atoms with Crippen LogP contribution in [0, 0.1) is 0 Å². The summed E-state index contributed by atoms with van der Waals surface area (Å²) in [5.41, 5.74) is 0.986. The van der Waals surface area contributed by atoms with Crippen LogP contribution in [0.15, 0.2) is 34.2 Å². The zero-order chi connectivity index (χ0) is 19.2. The third-order valence-corrected chi connectivity index (χ3v) is 6.84. The second kappa shape index (κ2) is 11.2. The second-order valence-corrected chi connectivity index (χ2v) is 9.08. The summed E-state index contributed by atoms with van der Waals surface area (Å²) in [6.07, 6.45) is 4.94. The van der Waals surface area contributed by atoms with Gasteiger partial charge in [-0.25, -0.2) is 13.4 Å². The van der Waals surface area contributed by atoms with Gasteiger partial charge in [-0.2, -0.15) is 4.31 Å². The Kier molecular flexibility index (Phi) is 10.0. The fourth-order valence-electron chi connectivity index (χ4n) is 2.96. The van der Waals surface area contributed by atoms with Crippen molar-refractivity contribution < 1.29 is 8.42 Å². The van der Waals surface area contributed by atoms with Crippen molar-refractivity contribution in [1.82, 2.24) is 14.9 Å². The van der Waals surface area contributed by atoms with Crippen molar-refractivity contribution in [3.63, 3.8) is 0 Å². The first kappa shape index (κ1) is 24.2. The van der Waals surface area contributed by atoms with Crippen molar-refractivity contribution in [3.05, 3.63) is 29.8 Å². The van der Waals surface area contributed by atoms with Crippen LogP contribution in [0.2, 0.25) is 0 Å². The average molecular weight is 508 g/mol. The normalized spacial score (nSPS) is 15.9. The number of hydrogen-bond acceptors (Lipinski definition) is 3. The summed E-state index contributed by atoms with van der Waals surface area (Å²) in [7, 11) is -1.83. The summed E-state index contributed by atoms with van der Waals surface area (Å²) >= 11 is 0. The highest BCUT2D eigenvalue weighted by Gasteiger charge is 2.22. The SMILES string of the molecule is CCNC(=NCc1ccc(S(=O)(=O)N(C)C(C)C)cc1)NC1CCCC1.I. The van der Waals surface area contributed by atoms with Crippen LogP contribution < -0.4 is 10.6 Å². The number of aliphatic imine (C=N–C) groups is 1. The minimum atomic E-state index is -3.44. The molecule has 1 saturated carbocycles. The molecule has 154 valence electrons. The van der Waals surface area contributed by atoms with Gasteiger partial charge in [-0.15, -0.1) is 24.0 Å². The molecule has 0 heterocycles. The van der Waals surface area contributed by atoms with E-state index in [-0.39, 0.29) is 30.0 Å². The molecule has 1 aliphatic rings. The lowest BCUT2D eigenvalue weighted by Crippen LogP contribution is -2.42. The van der Waals surface area contributed by atoms with E-state index in [1.165, 1.54) is 30.0 Å². The van der Waals surface area contributed by atoms with E-state index in [9.17, 15) is 8.42 Å².